The van der Waals surface area contributed by atoms with E-state index in [1.807, 2.05) is 30.3 Å². The summed E-state index contributed by atoms with van der Waals surface area (Å²) in [5.74, 6) is -0.580. The zero-order chi connectivity index (χ0) is 22.0. The van der Waals surface area contributed by atoms with Crippen LogP contribution < -0.4 is 16.1 Å². The number of hydrazine groups is 1. The van der Waals surface area contributed by atoms with Gasteiger partial charge >= 0.3 is 6.03 Å². The number of thioether (sulfide) groups is 1. The molecule has 0 aromatic heterocycles. The lowest BCUT2D eigenvalue weighted by molar-refractivity contribution is -0.132. The highest BCUT2D eigenvalue weighted by Gasteiger charge is 2.48. The Kier molecular flexibility index (Phi) is 5.69. The Morgan fingerprint density at radius 1 is 1.16 bits per heavy atom. The lowest BCUT2D eigenvalue weighted by Gasteiger charge is -2.21. The Bertz CT molecular complexity index is 1060. The van der Waals surface area contributed by atoms with Gasteiger partial charge in [-0.3, -0.25) is 19.8 Å². The van der Waals surface area contributed by atoms with Crippen LogP contribution in [0.15, 0.2) is 53.4 Å². The van der Waals surface area contributed by atoms with Crippen LogP contribution in [0.2, 0.25) is 0 Å². The van der Waals surface area contributed by atoms with E-state index in [-0.39, 0.29) is 11.5 Å². The lowest BCUT2D eigenvalue weighted by atomic mass is 9.93. The van der Waals surface area contributed by atoms with Crippen LogP contribution in [0.5, 0.6) is 0 Å². The summed E-state index contributed by atoms with van der Waals surface area (Å²) in [7, 11) is 0. The normalized spacial score (nSPS) is 20.5. The number of imide groups is 1. The van der Waals surface area contributed by atoms with E-state index in [0.29, 0.717) is 30.7 Å². The molecular weight excluding hydrogens is 416 g/mol. The fraction of sp³-hybridized carbons (Fsp3) is 0.273. The minimum Gasteiger partial charge on any atom is -0.325 e. The number of fused-ring (bicyclic) bond motifs is 1. The monoisotopic (exact) mass is 438 g/mol. The molecule has 0 spiro atoms. The van der Waals surface area contributed by atoms with Crippen LogP contribution in [-0.2, 0) is 16.0 Å². The number of hydrogen-bond donors (Lipinski definition) is 3. The quantitative estimate of drug-likeness (QED) is 0.622. The molecule has 2 heterocycles. The summed E-state index contributed by atoms with van der Waals surface area (Å²) in [4.78, 5) is 50.7. The first kappa shape index (κ1) is 20.9. The summed E-state index contributed by atoms with van der Waals surface area (Å²) in [6, 6.07) is 13.9. The van der Waals surface area contributed by atoms with Gasteiger partial charge in [0.1, 0.15) is 5.54 Å². The molecule has 2 aliphatic rings. The number of rotatable bonds is 5. The van der Waals surface area contributed by atoms with Crippen molar-refractivity contribution in [2.45, 2.75) is 36.6 Å². The van der Waals surface area contributed by atoms with Crippen LogP contribution in [0.1, 0.15) is 35.7 Å². The number of aryl methyl sites for hydroxylation is 1. The first-order chi connectivity index (χ1) is 14.9. The highest BCUT2D eigenvalue weighted by atomic mass is 32.2. The number of hydrogen-bond acceptors (Lipinski definition) is 5. The first-order valence-corrected chi connectivity index (χ1v) is 10.9. The maximum absolute atomic E-state index is 12.9. The van der Waals surface area contributed by atoms with E-state index in [0.717, 1.165) is 15.5 Å². The number of urea groups is 1. The van der Waals surface area contributed by atoms with Crippen molar-refractivity contribution in [2.75, 3.05) is 11.1 Å². The zero-order valence-electron chi connectivity index (χ0n) is 16.9. The van der Waals surface area contributed by atoms with E-state index in [1.165, 1.54) is 11.8 Å². The molecule has 31 heavy (non-hydrogen) atoms. The maximum atomic E-state index is 12.9. The molecule has 2 aliphatic heterocycles. The fourth-order valence-corrected chi connectivity index (χ4v) is 4.46. The molecule has 0 bridgehead atoms. The van der Waals surface area contributed by atoms with E-state index in [9.17, 15) is 19.2 Å². The van der Waals surface area contributed by atoms with E-state index < -0.39 is 23.4 Å². The molecule has 0 saturated carbocycles. The predicted molar refractivity (Wildman–Crippen MR) is 116 cm³/mol. The van der Waals surface area contributed by atoms with Crippen LogP contribution >= 0.6 is 11.8 Å². The Morgan fingerprint density at radius 2 is 1.94 bits per heavy atom. The van der Waals surface area contributed by atoms with Crippen LogP contribution in [0, 0.1) is 0 Å². The van der Waals surface area contributed by atoms with Crippen molar-refractivity contribution in [1.82, 2.24) is 15.8 Å². The number of anilines is 1. The summed E-state index contributed by atoms with van der Waals surface area (Å²) in [5.41, 5.74) is 3.12. The van der Waals surface area contributed by atoms with Crippen LogP contribution in [0.3, 0.4) is 0 Å². The molecule has 0 aliphatic carbocycles. The van der Waals surface area contributed by atoms with Crippen molar-refractivity contribution in [3.63, 3.8) is 0 Å². The van der Waals surface area contributed by atoms with Crippen LogP contribution in [-0.4, -0.2) is 40.1 Å². The summed E-state index contributed by atoms with van der Waals surface area (Å²) in [6.07, 6.45) is 1.40. The number of amides is 5. The van der Waals surface area contributed by atoms with Gasteiger partial charge in [-0.05, 0) is 43.5 Å². The second-order valence-corrected chi connectivity index (χ2v) is 8.82. The molecule has 1 atom stereocenters. The van der Waals surface area contributed by atoms with E-state index in [4.69, 9.17) is 0 Å². The smallest absolute Gasteiger partial charge is 0.325 e. The third-order valence-corrected chi connectivity index (χ3v) is 6.41. The van der Waals surface area contributed by atoms with Gasteiger partial charge in [-0.1, -0.05) is 30.3 Å². The first-order valence-electron chi connectivity index (χ1n) is 9.94. The molecule has 3 N–H and O–H groups in total. The molecule has 2 aromatic carbocycles. The van der Waals surface area contributed by atoms with Gasteiger partial charge < -0.3 is 10.6 Å². The second-order valence-electron chi connectivity index (χ2n) is 7.69. The van der Waals surface area contributed by atoms with E-state index in [1.54, 1.807) is 25.1 Å². The SMILES string of the molecule is CC1(CCc2ccccc2)NC(=O)N(NC(=O)c2ccc3c(c2)NC(=O)CCS3)C1=O. The average molecular weight is 439 g/mol. The molecule has 0 radical (unpaired) electrons. The second kappa shape index (κ2) is 8.43. The van der Waals surface area contributed by atoms with Gasteiger partial charge in [0.15, 0.2) is 0 Å². The summed E-state index contributed by atoms with van der Waals surface area (Å²) < 4.78 is 0. The Labute approximate surface area is 183 Å². The van der Waals surface area contributed by atoms with Gasteiger partial charge in [0.05, 0.1) is 5.69 Å². The number of benzene rings is 2. The topological polar surface area (TPSA) is 108 Å². The van der Waals surface area contributed by atoms with Crippen molar-refractivity contribution >= 4 is 41.2 Å². The number of nitrogens with one attached hydrogen (secondary N) is 3. The fourth-order valence-electron chi connectivity index (χ4n) is 3.52. The minimum atomic E-state index is -1.11. The summed E-state index contributed by atoms with van der Waals surface area (Å²) >= 11 is 1.53. The molecule has 2 aromatic rings. The van der Waals surface area contributed by atoms with Gasteiger partial charge in [-0.2, -0.15) is 5.01 Å². The minimum absolute atomic E-state index is 0.118. The highest BCUT2D eigenvalue weighted by Crippen LogP contribution is 2.31. The molecule has 4 rings (SSSR count). The highest BCUT2D eigenvalue weighted by molar-refractivity contribution is 7.99. The molecular formula is C22H22N4O4S. The molecule has 1 fully saturated rings. The summed E-state index contributed by atoms with van der Waals surface area (Å²) in [5, 5.41) is 6.19. The van der Waals surface area contributed by atoms with Gasteiger partial charge in [-0.25, -0.2) is 4.79 Å². The van der Waals surface area contributed by atoms with Crippen molar-refractivity contribution in [3.05, 3.63) is 59.7 Å². The maximum Gasteiger partial charge on any atom is 0.344 e. The third kappa shape index (κ3) is 4.41. The van der Waals surface area contributed by atoms with Gasteiger partial charge in [0.2, 0.25) is 5.91 Å². The molecule has 160 valence electrons. The molecule has 5 amide bonds. The standard InChI is InChI=1S/C22H22N4O4S/c1-22(11-9-14-5-3-2-4-6-14)20(29)26(21(30)24-22)25-19(28)15-7-8-17-16(13-15)23-18(27)10-12-31-17/h2-8,13H,9-12H2,1H3,(H,23,27)(H,24,30)(H,25,28). The van der Waals surface area contributed by atoms with Crippen molar-refractivity contribution < 1.29 is 19.2 Å². The van der Waals surface area contributed by atoms with Crippen molar-refractivity contribution in [2.24, 2.45) is 0 Å². The Balaban J connectivity index is 1.45. The summed E-state index contributed by atoms with van der Waals surface area (Å²) in [6.45, 7) is 1.65. The third-order valence-electron chi connectivity index (χ3n) is 5.33. The average Bonchev–Trinajstić information content (AvgIpc) is 2.88. The lowest BCUT2D eigenvalue weighted by Crippen LogP contribution is -2.49. The number of carbonyl (C=O) groups excluding carboxylic acids is 4. The van der Waals surface area contributed by atoms with Gasteiger partial charge in [0, 0.05) is 22.6 Å². The predicted octanol–water partition coefficient (Wildman–Crippen LogP) is 2.71. The molecule has 9 heteroatoms. The van der Waals surface area contributed by atoms with Crippen molar-refractivity contribution in [3.8, 4) is 0 Å². The molecule has 1 saturated heterocycles. The number of carbonyl (C=O) groups is 4. The molecule has 1 unspecified atom stereocenters. The Morgan fingerprint density at radius 3 is 2.71 bits per heavy atom. The van der Waals surface area contributed by atoms with Gasteiger partial charge in [0.25, 0.3) is 11.8 Å². The van der Waals surface area contributed by atoms with E-state index in [2.05, 4.69) is 16.1 Å². The largest absolute Gasteiger partial charge is 0.344 e. The Hall–Kier alpha value is -3.33. The molecule has 8 nitrogen and oxygen atoms in total. The number of nitrogens with zero attached hydrogens (tertiary/aromatic N) is 1. The van der Waals surface area contributed by atoms with Crippen LogP contribution in [0.4, 0.5) is 10.5 Å². The zero-order valence-corrected chi connectivity index (χ0v) is 17.8. The van der Waals surface area contributed by atoms with Crippen molar-refractivity contribution in [1.29, 1.82) is 0 Å². The van der Waals surface area contributed by atoms with Gasteiger partial charge in [-0.15, -0.1) is 11.8 Å². The van der Waals surface area contributed by atoms with E-state index >= 15 is 0 Å². The van der Waals surface area contributed by atoms with Crippen LogP contribution in [0.25, 0.3) is 0 Å².